The second kappa shape index (κ2) is 6.68. The molecule has 1 unspecified atom stereocenters. The molecule has 0 aliphatic heterocycles. The maximum atomic E-state index is 11.8. The Morgan fingerprint density at radius 1 is 1.56 bits per heavy atom. The van der Waals surface area contributed by atoms with Crippen molar-refractivity contribution in [1.29, 1.82) is 0 Å². The van der Waals surface area contributed by atoms with Gasteiger partial charge in [0, 0.05) is 11.8 Å². The monoisotopic (exact) mass is 270 g/mol. The van der Waals surface area contributed by atoms with Crippen LogP contribution in [0.4, 0.5) is 5.69 Å². The fraction of sp³-hybridized carbons (Fsp3) is 0.667. The molecule has 0 aliphatic rings. The number of hydrogen-bond acceptors (Lipinski definition) is 4. The van der Waals surface area contributed by atoms with E-state index in [2.05, 4.69) is 17.3 Å². The molecule has 3 N–H and O–H groups in total. The van der Waals surface area contributed by atoms with Crippen LogP contribution >= 0.6 is 11.8 Å². The van der Waals surface area contributed by atoms with Crippen LogP contribution in [0.5, 0.6) is 0 Å². The van der Waals surface area contributed by atoms with E-state index in [1.165, 1.54) is 0 Å². The summed E-state index contributed by atoms with van der Waals surface area (Å²) in [5.74, 6) is 1.97. The molecule has 0 saturated carbocycles. The molecule has 0 bridgehead atoms. The van der Waals surface area contributed by atoms with E-state index in [9.17, 15) is 4.79 Å². The Morgan fingerprint density at radius 3 is 2.72 bits per heavy atom. The predicted octanol–water partition coefficient (Wildman–Crippen LogP) is 1.34. The Bertz CT molecular complexity index is 416. The Labute approximate surface area is 112 Å². The van der Waals surface area contributed by atoms with E-state index in [-0.39, 0.29) is 18.5 Å². The fourth-order valence-electron chi connectivity index (χ4n) is 1.66. The minimum absolute atomic E-state index is 0.0233. The van der Waals surface area contributed by atoms with Crippen molar-refractivity contribution in [2.24, 2.45) is 0 Å². The van der Waals surface area contributed by atoms with E-state index in [4.69, 9.17) is 5.73 Å². The summed E-state index contributed by atoms with van der Waals surface area (Å²) in [5, 5.41) is 7.20. The largest absolute Gasteiger partial charge is 0.396 e. The Kier molecular flexibility index (Phi) is 5.53. The lowest BCUT2D eigenvalue weighted by molar-refractivity contribution is -0.122. The molecule has 0 radical (unpaired) electrons. The highest BCUT2D eigenvalue weighted by Crippen LogP contribution is 2.14. The number of nitrogens with one attached hydrogen (secondary N) is 1. The van der Waals surface area contributed by atoms with Crippen LogP contribution in [0.1, 0.15) is 25.2 Å². The van der Waals surface area contributed by atoms with Crippen LogP contribution in [-0.4, -0.2) is 33.2 Å². The maximum absolute atomic E-state index is 11.8. The van der Waals surface area contributed by atoms with Gasteiger partial charge >= 0.3 is 0 Å². The summed E-state index contributed by atoms with van der Waals surface area (Å²) < 4.78 is 1.65. The fourth-order valence-corrected chi connectivity index (χ4v) is 2.33. The molecule has 0 aliphatic carbocycles. The van der Waals surface area contributed by atoms with Crippen molar-refractivity contribution < 1.29 is 4.79 Å². The molecule has 5 nitrogen and oxygen atoms in total. The van der Waals surface area contributed by atoms with Crippen LogP contribution in [0.15, 0.2) is 0 Å². The summed E-state index contributed by atoms with van der Waals surface area (Å²) in [6.45, 7) is 8.06. The number of anilines is 1. The number of carbonyl (C=O) groups is 1. The van der Waals surface area contributed by atoms with Crippen LogP contribution in [-0.2, 0) is 11.3 Å². The van der Waals surface area contributed by atoms with Gasteiger partial charge in [0.1, 0.15) is 6.54 Å². The predicted molar refractivity (Wildman–Crippen MR) is 76.7 cm³/mol. The first-order valence-corrected chi connectivity index (χ1v) is 7.27. The van der Waals surface area contributed by atoms with Crippen molar-refractivity contribution in [3.8, 4) is 0 Å². The summed E-state index contributed by atoms with van der Waals surface area (Å²) in [5.41, 5.74) is 8.11. The van der Waals surface area contributed by atoms with E-state index in [1.54, 1.807) is 4.68 Å². The second-order valence-electron chi connectivity index (χ2n) is 4.37. The van der Waals surface area contributed by atoms with Gasteiger partial charge in [-0.3, -0.25) is 9.48 Å². The molecule has 1 rings (SSSR count). The number of amides is 1. The SMILES string of the molecule is CCSCC(C)NC(=O)Cn1nc(C)c(N)c1C. The molecule has 1 atom stereocenters. The molecule has 1 aromatic heterocycles. The Balaban J connectivity index is 2.51. The molecule has 0 aromatic carbocycles. The topological polar surface area (TPSA) is 72.9 Å². The second-order valence-corrected chi connectivity index (χ2v) is 5.69. The van der Waals surface area contributed by atoms with Gasteiger partial charge in [-0.2, -0.15) is 16.9 Å². The summed E-state index contributed by atoms with van der Waals surface area (Å²) in [6.07, 6.45) is 0. The van der Waals surface area contributed by atoms with Gasteiger partial charge in [-0.25, -0.2) is 0 Å². The molecule has 1 heterocycles. The number of nitrogen functional groups attached to an aromatic ring is 1. The maximum Gasteiger partial charge on any atom is 0.241 e. The molecule has 6 heteroatoms. The van der Waals surface area contributed by atoms with Gasteiger partial charge in [0.25, 0.3) is 0 Å². The van der Waals surface area contributed by atoms with Gasteiger partial charge in [0.2, 0.25) is 5.91 Å². The highest BCUT2D eigenvalue weighted by Gasteiger charge is 2.12. The Morgan fingerprint density at radius 2 is 2.22 bits per heavy atom. The smallest absolute Gasteiger partial charge is 0.241 e. The zero-order valence-corrected chi connectivity index (χ0v) is 12.3. The summed E-state index contributed by atoms with van der Waals surface area (Å²) in [4.78, 5) is 11.8. The number of aryl methyl sites for hydroxylation is 1. The third-order valence-electron chi connectivity index (χ3n) is 2.71. The lowest BCUT2D eigenvalue weighted by Crippen LogP contribution is -2.37. The van der Waals surface area contributed by atoms with Crippen molar-refractivity contribution in [3.63, 3.8) is 0 Å². The molecule has 0 fully saturated rings. The minimum atomic E-state index is -0.0233. The number of hydrogen-bond donors (Lipinski definition) is 2. The number of nitrogens with two attached hydrogens (primary N) is 1. The molecule has 102 valence electrons. The zero-order valence-electron chi connectivity index (χ0n) is 11.5. The van der Waals surface area contributed by atoms with Crippen molar-refractivity contribution >= 4 is 23.4 Å². The van der Waals surface area contributed by atoms with E-state index in [0.717, 1.165) is 22.9 Å². The third kappa shape index (κ3) is 3.94. The van der Waals surface area contributed by atoms with Gasteiger partial charge in [-0.05, 0) is 26.5 Å². The van der Waals surface area contributed by atoms with Gasteiger partial charge in [0.15, 0.2) is 0 Å². The molecule has 18 heavy (non-hydrogen) atoms. The number of thioether (sulfide) groups is 1. The van der Waals surface area contributed by atoms with E-state index in [0.29, 0.717) is 5.69 Å². The van der Waals surface area contributed by atoms with Crippen molar-refractivity contribution in [3.05, 3.63) is 11.4 Å². The summed E-state index contributed by atoms with van der Waals surface area (Å²) >= 11 is 1.82. The number of carbonyl (C=O) groups excluding carboxylic acids is 1. The summed E-state index contributed by atoms with van der Waals surface area (Å²) in [6, 6.07) is 0.178. The molecule has 0 saturated heterocycles. The third-order valence-corrected chi connectivity index (χ3v) is 3.85. The van der Waals surface area contributed by atoms with E-state index >= 15 is 0 Å². The molecule has 1 amide bonds. The summed E-state index contributed by atoms with van der Waals surface area (Å²) in [7, 11) is 0. The lowest BCUT2D eigenvalue weighted by Gasteiger charge is -2.13. The Hall–Kier alpha value is -1.17. The molecular weight excluding hydrogens is 248 g/mol. The first kappa shape index (κ1) is 14.9. The highest BCUT2D eigenvalue weighted by molar-refractivity contribution is 7.99. The molecule has 0 spiro atoms. The number of nitrogens with zero attached hydrogens (tertiary/aromatic N) is 2. The van der Waals surface area contributed by atoms with E-state index in [1.807, 2.05) is 32.5 Å². The van der Waals surface area contributed by atoms with Gasteiger partial charge in [-0.1, -0.05) is 6.92 Å². The average Bonchev–Trinajstić information content (AvgIpc) is 2.54. The minimum Gasteiger partial charge on any atom is -0.396 e. The van der Waals surface area contributed by atoms with Gasteiger partial charge in [0.05, 0.1) is 17.1 Å². The quantitative estimate of drug-likeness (QED) is 0.818. The zero-order chi connectivity index (χ0) is 13.7. The van der Waals surface area contributed by atoms with Gasteiger partial charge < -0.3 is 11.1 Å². The first-order chi connectivity index (χ1) is 8.45. The first-order valence-electron chi connectivity index (χ1n) is 6.12. The average molecular weight is 270 g/mol. The van der Waals surface area contributed by atoms with Crippen LogP contribution in [0.25, 0.3) is 0 Å². The van der Waals surface area contributed by atoms with Crippen LogP contribution in [0.2, 0.25) is 0 Å². The van der Waals surface area contributed by atoms with Crippen LogP contribution in [0.3, 0.4) is 0 Å². The van der Waals surface area contributed by atoms with Crippen LogP contribution in [0, 0.1) is 13.8 Å². The molecule has 1 aromatic rings. The van der Waals surface area contributed by atoms with Gasteiger partial charge in [-0.15, -0.1) is 0 Å². The van der Waals surface area contributed by atoms with Crippen molar-refractivity contribution in [2.45, 2.75) is 40.3 Å². The van der Waals surface area contributed by atoms with Crippen molar-refractivity contribution in [2.75, 3.05) is 17.2 Å². The normalized spacial score (nSPS) is 12.4. The van der Waals surface area contributed by atoms with Crippen molar-refractivity contribution in [1.82, 2.24) is 15.1 Å². The lowest BCUT2D eigenvalue weighted by atomic mass is 10.3. The standard InChI is InChI=1S/C12H22N4OS/c1-5-18-7-8(2)14-11(17)6-16-10(4)12(13)9(3)15-16/h8H,5-7,13H2,1-4H3,(H,14,17). The van der Waals surface area contributed by atoms with E-state index < -0.39 is 0 Å². The number of rotatable bonds is 6. The molecular formula is C12H22N4OS. The number of aromatic nitrogens is 2. The highest BCUT2D eigenvalue weighted by atomic mass is 32.2. The van der Waals surface area contributed by atoms with Crippen LogP contribution < -0.4 is 11.1 Å².